The molecule has 6 heteroatoms. The molecule has 4 nitrogen and oxygen atoms in total. The molecular weight excluding hydrogens is 306 g/mol. The fraction of sp³-hybridized carbons (Fsp3) is 0.455. The molecule has 0 aliphatic carbocycles. The first-order chi connectivity index (χ1) is 7.96. The van der Waals surface area contributed by atoms with Gasteiger partial charge < -0.3 is 5.11 Å². The molecule has 1 aromatic carbocycles. The molecule has 0 aliphatic rings. The molecule has 0 bridgehead atoms. The van der Waals surface area contributed by atoms with Crippen LogP contribution in [-0.2, 0) is 15.8 Å². The largest absolute Gasteiger partial charge is 0.395 e. The van der Waals surface area contributed by atoms with Crippen LogP contribution in [0.2, 0.25) is 0 Å². The van der Waals surface area contributed by atoms with E-state index in [0.717, 1.165) is 4.47 Å². The lowest BCUT2D eigenvalue weighted by molar-refractivity contribution is 0.254. The maximum Gasteiger partial charge on any atom is 0.216 e. The average molecular weight is 322 g/mol. The van der Waals surface area contributed by atoms with Crippen LogP contribution in [0.25, 0.3) is 0 Å². The van der Waals surface area contributed by atoms with Gasteiger partial charge in [0.25, 0.3) is 0 Å². The minimum atomic E-state index is -3.40. The number of hydrogen-bond donors (Lipinski definition) is 2. The Hall–Kier alpha value is -0.430. The van der Waals surface area contributed by atoms with Crippen LogP contribution in [0, 0.1) is 0 Å². The van der Waals surface area contributed by atoms with Crippen molar-refractivity contribution in [3.63, 3.8) is 0 Å². The summed E-state index contributed by atoms with van der Waals surface area (Å²) in [7, 11) is -3.40. The third-order valence-corrected chi connectivity index (χ3v) is 4.26. The van der Waals surface area contributed by atoms with Crippen LogP contribution < -0.4 is 4.72 Å². The quantitative estimate of drug-likeness (QED) is 0.837. The molecule has 0 unspecified atom stereocenters. The molecule has 0 aromatic heterocycles. The summed E-state index contributed by atoms with van der Waals surface area (Å²) in [5.74, 6) is -0.0726. The number of rotatable bonds is 6. The summed E-state index contributed by atoms with van der Waals surface area (Å²) in [5, 5.41) is 8.96. The van der Waals surface area contributed by atoms with Crippen molar-refractivity contribution in [2.45, 2.75) is 25.1 Å². The van der Waals surface area contributed by atoms with E-state index in [2.05, 4.69) is 20.7 Å². The van der Waals surface area contributed by atoms with E-state index < -0.39 is 16.1 Å². The molecule has 1 aromatic rings. The number of aliphatic hydroxyl groups excluding tert-OH is 1. The second-order valence-corrected chi connectivity index (χ2v) is 6.46. The maximum absolute atomic E-state index is 11.8. The van der Waals surface area contributed by atoms with Gasteiger partial charge in [0.15, 0.2) is 0 Å². The van der Waals surface area contributed by atoms with Crippen molar-refractivity contribution in [3.05, 3.63) is 34.3 Å². The Morgan fingerprint density at radius 3 is 2.41 bits per heavy atom. The Bertz CT molecular complexity index is 440. The van der Waals surface area contributed by atoms with Crippen LogP contribution in [0.4, 0.5) is 0 Å². The monoisotopic (exact) mass is 321 g/mol. The molecule has 0 radical (unpaired) electrons. The van der Waals surface area contributed by atoms with Gasteiger partial charge in [-0.25, -0.2) is 13.1 Å². The lowest BCUT2D eigenvalue weighted by Gasteiger charge is -2.14. The molecule has 0 amide bonds. The Balaban J connectivity index is 2.69. The van der Waals surface area contributed by atoms with Crippen molar-refractivity contribution < 1.29 is 13.5 Å². The van der Waals surface area contributed by atoms with Gasteiger partial charge in [0.2, 0.25) is 10.0 Å². The lowest BCUT2D eigenvalue weighted by atomic mass is 10.2. The minimum absolute atomic E-state index is 0.0726. The first-order valence-corrected chi connectivity index (χ1v) is 7.76. The van der Waals surface area contributed by atoms with E-state index in [0.29, 0.717) is 12.0 Å². The number of hydrogen-bond acceptors (Lipinski definition) is 3. The second kappa shape index (κ2) is 6.49. The van der Waals surface area contributed by atoms with Crippen molar-refractivity contribution in [2.75, 3.05) is 6.61 Å². The molecule has 0 fully saturated rings. The molecule has 0 aliphatic heterocycles. The topological polar surface area (TPSA) is 66.4 Å². The fourth-order valence-electron chi connectivity index (χ4n) is 1.35. The van der Waals surface area contributed by atoms with E-state index in [1.54, 1.807) is 24.3 Å². The smallest absolute Gasteiger partial charge is 0.216 e. The highest BCUT2D eigenvalue weighted by Gasteiger charge is 2.16. The van der Waals surface area contributed by atoms with E-state index >= 15 is 0 Å². The summed E-state index contributed by atoms with van der Waals surface area (Å²) < 4.78 is 26.9. The Labute approximate surface area is 110 Å². The minimum Gasteiger partial charge on any atom is -0.395 e. The zero-order valence-electron chi connectivity index (χ0n) is 9.56. The molecule has 0 saturated carbocycles. The summed E-state index contributed by atoms with van der Waals surface area (Å²) in [6, 6.07) is 6.70. The molecule has 1 atom stereocenters. The number of sulfonamides is 1. The predicted molar refractivity (Wildman–Crippen MR) is 71.1 cm³/mol. The second-order valence-electron chi connectivity index (χ2n) is 3.79. The first kappa shape index (κ1) is 14.6. The van der Waals surface area contributed by atoms with Crippen LogP contribution in [0.5, 0.6) is 0 Å². The molecule has 0 spiro atoms. The molecule has 17 heavy (non-hydrogen) atoms. The van der Waals surface area contributed by atoms with Gasteiger partial charge in [-0.1, -0.05) is 35.0 Å². The third-order valence-electron chi connectivity index (χ3n) is 2.33. The van der Waals surface area contributed by atoms with E-state index in [9.17, 15) is 8.42 Å². The van der Waals surface area contributed by atoms with E-state index in [-0.39, 0.29) is 12.4 Å². The zero-order chi connectivity index (χ0) is 12.9. The number of halogens is 1. The number of benzene rings is 1. The average Bonchev–Trinajstić information content (AvgIpc) is 2.29. The van der Waals surface area contributed by atoms with Gasteiger partial charge in [-0.05, 0) is 24.1 Å². The first-order valence-electron chi connectivity index (χ1n) is 5.32. The summed E-state index contributed by atoms with van der Waals surface area (Å²) in [5.41, 5.74) is 0.716. The molecule has 96 valence electrons. The van der Waals surface area contributed by atoms with Gasteiger partial charge in [-0.3, -0.25) is 0 Å². The number of aliphatic hydroxyl groups is 1. The highest BCUT2D eigenvalue weighted by molar-refractivity contribution is 9.10. The predicted octanol–water partition coefficient (Wildman–Crippen LogP) is 1.64. The SMILES string of the molecule is CC[C@H](CO)NS(=O)(=O)Cc1ccc(Br)cc1. The van der Waals surface area contributed by atoms with Crippen LogP contribution in [-0.4, -0.2) is 26.2 Å². The Morgan fingerprint density at radius 1 is 1.35 bits per heavy atom. The van der Waals surface area contributed by atoms with Gasteiger partial charge in [-0.2, -0.15) is 0 Å². The van der Waals surface area contributed by atoms with Gasteiger partial charge in [0.05, 0.1) is 12.4 Å². The molecule has 0 heterocycles. The van der Waals surface area contributed by atoms with Crippen LogP contribution in [0.1, 0.15) is 18.9 Å². The van der Waals surface area contributed by atoms with Gasteiger partial charge in [0, 0.05) is 10.5 Å². The van der Waals surface area contributed by atoms with E-state index in [4.69, 9.17) is 5.11 Å². The number of nitrogens with one attached hydrogen (secondary N) is 1. The van der Waals surface area contributed by atoms with Crippen LogP contribution in [0.15, 0.2) is 28.7 Å². The van der Waals surface area contributed by atoms with Crippen molar-refractivity contribution >= 4 is 26.0 Å². The highest BCUT2D eigenvalue weighted by atomic mass is 79.9. The van der Waals surface area contributed by atoms with Crippen molar-refractivity contribution in [1.82, 2.24) is 4.72 Å². The fourth-order valence-corrected chi connectivity index (χ4v) is 3.07. The maximum atomic E-state index is 11.8. The zero-order valence-corrected chi connectivity index (χ0v) is 12.0. The summed E-state index contributed by atoms with van der Waals surface area (Å²) in [6.45, 7) is 1.64. The van der Waals surface area contributed by atoms with E-state index in [1.807, 2.05) is 6.92 Å². The van der Waals surface area contributed by atoms with E-state index in [1.165, 1.54) is 0 Å². The standard InChI is InChI=1S/C11H16BrNO3S/c1-2-11(7-14)13-17(15,16)8-9-3-5-10(12)6-4-9/h3-6,11,13-14H,2,7-8H2,1H3/t11-/m1/s1. The summed E-state index contributed by atoms with van der Waals surface area (Å²) in [6.07, 6.45) is 0.566. The van der Waals surface area contributed by atoms with Crippen molar-refractivity contribution in [3.8, 4) is 0 Å². The van der Waals surface area contributed by atoms with Gasteiger partial charge >= 0.3 is 0 Å². The van der Waals surface area contributed by atoms with Crippen LogP contribution in [0.3, 0.4) is 0 Å². The van der Waals surface area contributed by atoms with Crippen LogP contribution >= 0.6 is 15.9 Å². The van der Waals surface area contributed by atoms with Gasteiger partial charge in [-0.15, -0.1) is 0 Å². The molecular formula is C11H16BrNO3S. The van der Waals surface area contributed by atoms with Crippen molar-refractivity contribution in [1.29, 1.82) is 0 Å². The Kier molecular flexibility index (Phi) is 5.58. The summed E-state index contributed by atoms with van der Waals surface area (Å²) in [4.78, 5) is 0. The molecule has 0 saturated heterocycles. The third kappa shape index (κ3) is 5.16. The molecule has 1 rings (SSSR count). The normalized spacial score (nSPS) is 13.6. The lowest BCUT2D eigenvalue weighted by Crippen LogP contribution is -2.37. The Morgan fingerprint density at radius 2 is 1.94 bits per heavy atom. The van der Waals surface area contributed by atoms with Gasteiger partial charge in [0.1, 0.15) is 0 Å². The van der Waals surface area contributed by atoms with Crippen molar-refractivity contribution in [2.24, 2.45) is 0 Å². The molecule has 2 N–H and O–H groups in total. The highest BCUT2D eigenvalue weighted by Crippen LogP contribution is 2.12. The summed E-state index contributed by atoms with van der Waals surface area (Å²) >= 11 is 3.29.